The van der Waals surface area contributed by atoms with Crippen molar-refractivity contribution in [2.24, 2.45) is 11.8 Å². The van der Waals surface area contributed by atoms with Crippen molar-refractivity contribution in [3.8, 4) is 5.75 Å². The molecule has 1 heterocycles. The number of hydrogen-bond donors (Lipinski definition) is 0. The lowest BCUT2D eigenvalue weighted by molar-refractivity contribution is 0.415. The molecule has 0 bridgehead atoms. The molecule has 0 saturated heterocycles. The summed E-state index contributed by atoms with van der Waals surface area (Å²) >= 11 is 6.28. The number of hydrogen-bond acceptors (Lipinski definition) is 2. The molecule has 102 valence electrons. The number of benzene rings is 1. The highest BCUT2D eigenvalue weighted by atomic mass is 35.5. The summed E-state index contributed by atoms with van der Waals surface area (Å²) in [5.74, 6) is 3.40. The van der Waals surface area contributed by atoms with Crippen molar-refractivity contribution >= 4 is 22.6 Å². The van der Waals surface area contributed by atoms with Crippen molar-refractivity contribution in [1.29, 1.82) is 0 Å². The zero-order chi connectivity index (χ0) is 13.6. The lowest BCUT2D eigenvalue weighted by Gasteiger charge is -2.10. The number of halogens is 1. The van der Waals surface area contributed by atoms with Crippen LogP contribution < -0.4 is 4.74 Å². The number of aromatic nitrogens is 2. The Morgan fingerprint density at radius 2 is 2.26 bits per heavy atom. The molecule has 3 nitrogen and oxygen atoms in total. The Hall–Kier alpha value is -1.22. The summed E-state index contributed by atoms with van der Waals surface area (Å²) < 4.78 is 7.54. The Bertz CT molecular complexity index is 605. The van der Waals surface area contributed by atoms with E-state index in [-0.39, 0.29) is 5.38 Å². The fourth-order valence-corrected chi connectivity index (χ4v) is 2.81. The lowest BCUT2D eigenvalue weighted by Crippen LogP contribution is -2.06. The SMILES string of the molecule is COc1ccc2c(c1)nc(C(C)Cl)n2CC1CC1C. The van der Waals surface area contributed by atoms with E-state index in [1.54, 1.807) is 7.11 Å². The second-order valence-electron chi connectivity index (χ2n) is 5.52. The van der Waals surface area contributed by atoms with E-state index in [2.05, 4.69) is 22.5 Å². The molecule has 3 atom stereocenters. The molecular weight excluding hydrogens is 260 g/mol. The van der Waals surface area contributed by atoms with Crippen molar-refractivity contribution < 1.29 is 4.74 Å². The fourth-order valence-electron chi connectivity index (χ4n) is 2.64. The first-order valence-electron chi connectivity index (χ1n) is 6.78. The van der Waals surface area contributed by atoms with Gasteiger partial charge in [0.1, 0.15) is 11.6 Å². The molecule has 0 spiro atoms. The lowest BCUT2D eigenvalue weighted by atomic mass is 10.2. The maximum Gasteiger partial charge on any atom is 0.127 e. The Morgan fingerprint density at radius 3 is 2.84 bits per heavy atom. The zero-order valence-electron chi connectivity index (χ0n) is 11.6. The molecule has 0 radical (unpaired) electrons. The molecule has 2 aromatic rings. The van der Waals surface area contributed by atoms with Gasteiger partial charge in [-0.15, -0.1) is 11.6 Å². The van der Waals surface area contributed by atoms with Gasteiger partial charge in [0.2, 0.25) is 0 Å². The van der Waals surface area contributed by atoms with Crippen LogP contribution in [0.1, 0.15) is 31.5 Å². The van der Waals surface area contributed by atoms with Gasteiger partial charge in [0.15, 0.2) is 0 Å². The van der Waals surface area contributed by atoms with Crippen LogP contribution in [0.3, 0.4) is 0 Å². The number of ether oxygens (including phenoxy) is 1. The number of imidazole rings is 1. The number of methoxy groups -OCH3 is 1. The minimum Gasteiger partial charge on any atom is -0.497 e. The zero-order valence-corrected chi connectivity index (χ0v) is 12.3. The molecule has 1 aromatic carbocycles. The van der Waals surface area contributed by atoms with Crippen LogP contribution in [0.4, 0.5) is 0 Å². The number of rotatable bonds is 4. The Morgan fingerprint density at radius 1 is 1.53 bits per heavy atom. The minimum absolute atomic E-state index is 0.0764. The average Bonchev–Trinajstić information content (AvgIpc) is 2.96. The van der Waals surface area contributed by atoms with Crippen molar-refractivity contribution in [3.05, 3.63) is 24.0 Å². The van der Waals surface area contributed by atoms with E-state index in [9.17, 15) is 0 Å². The standard InChI is InChI=1S/C15H19ClN2O/c1-9-6-11(9)8-18-14-5-4-12(19-3)7-13(14)17-15(18)10(2)16/h4-5,7,9-11H,6,8H2,1-3H3. The smallest absolute Gasteiger partial charge is 0.127 e. The summed E-state index contributed by atoms with van der Waals surface area (Å²) in [6.07, 6.45) is 1.31. The fraction of sp³-hybridized carbons (Fsp3) is 0.533. The Kier molecular flexibility index (Phi) is 3.17. The molecule has 1 aromatic heterocycles. The van der Waals surface area contributed by atoms with Gasteiger partial charge in [0, 0.05) is 12.6 Å². The van der Waals surface area contributed by atoms with Gasteiger partial charge >= 0.3 is 0 Å². The number of alkyl halides is 1. The number of nitrogens with zero attached hydrogens (tertiary/aromatic N) is 2. The van der Waals surface area contributed by atoms with E-state index in [0.717, 1.165) is 41.0 Å². The molecule has 3 rings (SSSR count). The summed E-state index contributed by atoms with van der Waals surface area (Å²) in [7, 11) is 1.68. The maximum absolute atomic E-state index is 6.28. The second-order valence-corrected chi connectivity index (χ2v) is 6.18. The van der Waals surface area contributed by atoms with Crippen LogP contribution in [0.15, 0.2) is 18.2 Å². The molecule has 0 amide bonds. The molecule has 1 fully saturated rings. The van der Waals surface area contributed by atoms with E-state index >= 15 is 0 Å². The van der Waals surface area contributed by atoms with Crippen LogP contribution in [0.2, 0.25) is 0 Å². The van der Waals surface area contributed by atoms with Gasteiger partial charge in [-0.25, -0.2) is 4.98 Å². The normalized spacial score (nSPS) is 23.6. The summed E-state index contributed by atoms with van der Waals surface area (Å²) in [6.45, 7) is 5.31. The summed E-state index contributed by atoms with van der Waals surface area (Å²) in [5, 5.41) is -0.0764. The van der Waals surface area contributed by atoms with Gasteiger partial charge in [-0.05, 0) is 37.3 Å². The molecule has 0 N–H and O–H groups in total. The maximum atomic E-state index is 6.28. The van der Waals surface area contributed by atoms with E-state index in [0.29, 0.717) is 0 Å². The van der Waals surface area contributed by atoms with Gasteiger partial charge in [-0.1, -0.05) is 6.92 Å². The quantitative estimate of drug-likeness (QED) is 0.791. The highest BCUT2D eigenvalue weighted by molar-refractivity contribution is 6.20. The third-order valence-electron chi connectivity index (χ3n) is 4.03. The Labute approximate surface area is 118 Å². The van der Waals surface area contributed by atoms with Crippen molar-refractivity contribution in [2.75, 3.05) is 7.11 Å². The first-order chi connectivity index (χ1) is 9.10. The van der Waals surface area contributed by atoms with Crippen LogP contribution in [0, 0.1) is 11.8 Å². The topological polar surface area (TPSA) is 27.1 Å². The molecule has 0 aliphatic heterocycles. The monoisotopic (exact) mass is 278 g/mol. The predicted molar refractivity (Wildman–Crippen MR) is 77.8 cm³/mol. The third-order valence-corrected chi connectivity index (χ3v) is 4.23. The van der Waals surface area contributed by atoms with Gasteiger partial charge < -0.3 is 9.30 Å². The molecular formula is C15H19ClN2O. The Balaban J connectivity index is 2.07. The summed E-state index contributed by atoms with van der Waals surface area (Å²) in [4.78, 5) is 4.68. The van der Waals surface area contributed by atoms with Gasteiger partial charge in [-0.2, -0.15) is 0 Å². The summed E-state index contributed by atoms with van der Waals surface area (Å²) in [5.41, 5.74) is 2.12. The van der Waals surface area contributed by atoms with Crippen molar-refractivity contribution in [3.63, 3.8) is 0 Å². The molecule has 3 unspecified atom stereocenters. The van der Waals surface area contributed by atoms with Crippen LogP contribution in [0.25, 0.3) is 11.0 Å². The second kappa shape index (κ2) is 4.71. The molecule has 4 heteroatoms. The number of fused-ring (bicyclic) bond motifs is 1. The predicted octanol–water partition coefficient (Wildman–Crippen LogP) is 4.00. The van der Waals surface area contributed by atoms with E-state index in [4.69, 9.17) is 16.3 Å². The van der Waals surface area contributed by atoms with E-state index in [1.165, 1.54) is 6.42 Å². The van der Waals surface area contributed by atoms with E-state index < -0.39 is 0 Å². The van der Waals surface area contributed by atoms with Crippen molar-refractivity contribution in [1.82, 2.24) is 9.55 Å². The summed E-state index contributed by atoms with van der Waals surface area (Å²) in [6, 6.07) is 6.04. The van der Waals surface area contributed by atoms with Gasteiger partial charge in [-0.3, -0.25) is 0 Å². The van der Waals surface area contributed by atoms with Crippen molar-refractivity contribution in [2.45, 2.75) is 32.2 Å². The minimum atomic E-state index is -0.0764. The van der Waals surface area contributed by atoms with Crippen LogP contribution in [-0.2, 0) is 6.54 Å². The molecule has 19 heavy (non-hydrogen) atoms. The van der Waals surface area contributed by atoms with Crippen LogP contribution in [0.5, 0.6) is 5.75 Å². The molecule has 1 aliphatic carbocycles. The molecule has 1 saturated carbocycles. The average molecular weight is 279 g/mol. The van der Waals surface area contributed by atoms with Crippen LogP contribution >= 0.6 is 11.6 Å². The first kappa shape index (κ1) is 12.8. The highest BCUT2D eigenvalue weighted by Gasteiger charge is 2.33. The van der Waals surface area contributed by atoms with Gasteiger partial charge in [0.05, 0.1) is 23.5 Å². The van der Waals surface area contributed by atoms with Gasteiger partial charge in [0.25, 0.3) is 0 Å². The largest absolute Gasteiger partial charge is 0.497 e. The molecule has 1 aliphatic rings. The van der Waals surface area contributed by atoms with E-state index in [1.807, 2.05) is 19.1 Å². The first-order valence-corrected chi connectivity index (χ1v) is 7.22. The van der Waals surface area contributed by atoms with Crippen LogP contribution in [-0.4, -0.2) is 16.7 Å². The third kappa shape index (κ3) is 2.32. The highest BCUT2D eigenvalue weighted by Crippen LogP contribution is 2.40.